The molecule has 0 saturated carbocycles. The van der Waals surface area contributed by atoms with Crippen LogP contribution < -0.4 is 0 Å². The van der Waals surface area contributed by atoms with Gasteiger partial charge in [0.25, 0.3) is 0 Å². The average Bonchev–Trinajstić information content (AvgIpc) is 2.60. The zero-order chi connectivity index (χ0) is 16.4. The third-order valence-corrected chi connectivity index (χ3v) is 4.10. The van der Waals surface area contributed by atoms with Crippen LogP contribution in [0.1, 0.15) is 44.4 Å². The Morgan fingerprint density at radius 1 is 1.05 bits per heavy atom. The standard InChI is InChI=1S/C15H15BrN2.2C2H6/c16-15-14-7-9-18(11-13(14)6-8-17-15)10-12-4-2-1-3-5-12;2*1-2/h1-6,8H,7,9-11H2;2*1-2H3. The zero-order valence-corrected chi connectivity index (χ0v) is 15.7. The second-order valence-corrected chi connectivity index (χ2v) is 5.44. The second-order valence-electron chi connectivity index (χ2n) is 4.69. The summed E-state index contributed by atoms with van der Waals surface area (Å²) >= 11 is 3.54. The average molecular weight is 363 g/mol. The molecule has 2 aromatic rings. The van der Waals surface area contributed by atoms with Crippen LogP contribution in [0.25, 0.3) is 0 Å². The molecule has 3 rings (SSSR count). The van der Waals surface area contributed by atoms with E-state index in [9.17, 15) is 0 Å². The molecule has 2 heterocycles. The maximum Gasteiger partial charge on any atom is 0.109 e. The Bertz CT molecular complexity index is 540. The fraction of sp³-hybridized carbons (Fsp3) is 0.421. The van der Waals surface area contributed by atoms with Crippen LogP contribution in [0.4, 0.5) is 0 Å². The van der Waals surface area contributed by atoms with Crippen LogP contribution >= 0.6 is 15.9 Å². The van der Waals surface area contributed by atoms with Crippen molar-refractivity contribution in [3.63, 3.8) is 0 Å². The van der Waals surface area contributed by atoms with E-state index < -0.39 is 0 Å². The van der Waals surface area contributed by atoms with Crippen LogP contribution in [0.15, 0.2) is 47.2 Å². The molecule has 3 heteroatoms. The molecule has 0 saturated heterocycles. The number of benzene rings is 1. The van der Waals surface area contributed by atoms with Crippen LogP contribution in [0.3, 0.4) is 0 Å². The molecule has 0 fully saturated rings. The smallest absolute Gasteiger partial charge is 0.109 e. The molecule has 0 unspecified atom stereocenters. The summed E-state index contributed by atoms with van der Waals surface area (Å²) in [7, 11) is 0. The fourth-order valence-corrected chi connectivity index (χ4v) is 3.05. The first kappa shape index (κ1) is 18.9. The predicted molar refractivity (Wildman–Crippen MR) is 98.9 cm³/mol. The minimum absolute atomic E-state index is 1.01. The fourth-order valence-electron chi connectivity index (χ4n) is 2.48. The van der Waals surface area contributed by atoms with E-state index in [1.807, 2.05) is 33.9 Å². The number of fused-ring (bicyclic) bond motifs is 1. The van der Waals surface area contributed by atoms with Gasteiger partial charge in [-0.05, 0) is 45.1 Å². The zero-order valence-electron chi connectivity index (χ0n) is 14.1. The van der Waals surface area contributed by atoms with Gasteiger partial charge in [0, 0.05) is 25.8 Å². The highest BCUT2D eigenvalue weighted by molar-refractivity contribution is 9.10. The van der Waals surface area contributed by atoms with Crippen molar-refractivity contribution in [1.82, 2.24) is 9.88 Å². The van der Waals surface area contributed by atoms with Crippen molar-refractivity contribution in [1.29, 1.82) is 0 Å². The molecule has 120 valence electrons. The lowest BCUT2D eigenvalue weighted by Crippen LogP contribution is -2.30. The SMILES string of the molecule is Brc1nccc2c1CCN(Cc1ccccc1)C2.CC.CC. The van der Waals surface area contributed by atoms with Crippen LogP contribution in [-0.2, 0) is 19.5 Å². The van der Waals surface area contributed by atoms with Crippen LogP contribution in [0, 0.1) is 0 Å². The van der Waals surface area contributed by atoms with Gasteiger partial charge in [-0.1, -0.05) is 58.0 Å². The summed E-state index contributed by atoms with van der Waals surface area (Å²) in [6.07, 6.45) is 2.96. The van der Waals surface area contributed by atoms with E-state index in [-0.39, 0.29) is 0 Å². The van der Waals surface area contributed by atoms with Gasteiger partial charge in [0.15, 0.2) is 0 Å². The molecule has 0 radical (unpaired) electrons. The van der Waals surface area contributed by atoms with Crippen molar-refractivity contribution in [3.8, 4) is 0 Å². The van der Waals surface area contributed by atoms with Crippen molar-refractivity contribution in [2.24, 2.45) is 0 Å². The molecule has 22 heavy (non-hydrogen) atoms. The highest BCUT2D eigenvalue weighted by Gasteiger charge is 2.18. The quantitative estimate of drug-likeness (QED) is 0.659. The molecule has 1 aliphatic rings. The lowest BCUT2D eigenvalue weighted by molar-refractivity contribution is 0.245. The topological polar surface area (TPSA) is 16.1 Å². The van der Waals surface area contributed by atoms with Gasteiger partial charge in [-0.2, -0.15) is 0 Å². The molecule has 0 bridgehead atoms. The van der Waals surface area contributed by atoms with E-state index in [4.69, 9.17) is 0 Å². The summed E-state index contributed by atoms with van der Waals surface area (Å²) in [6, 6.07) is 12.8. The van der Waals surface area contributed by atoms with E-state index >= 15 is 0 Å². The largest absolute Gasteiger partial charge is 0.294 e. The number of nitrogens with zero attached hydrogens (tertiary/aromatic N) is 2. The first-order valence-corrected chi connectivity index (χ1v) is 9.01. The van der Waals surface area contributed by atoms with Gasteiger partial charge >= 0.3 is 0 Å². The lowest BCUT2D eigenvalue weighted by Gasteiger charge is -2.29. The molecule has 2 nitrogen and oxygen atoms in total. The summed E-state index contributed by atoms with van der Waals surface area (Å²) in [5.41, 5.74) is 4.16. The Morgan fingerprint density at radius 2 is 1.73 bits per heavy atom. The normalized spacial score (nSPS) is 13.1. The maximum absolute atomic E-state index is 4.30. The van der Waals surface area contributed by atoms with Crippen LogP contribution in [-0.4, -0.2) is 16.4 Å². The first-order chi connectivity index (χ1) is 10.8. The molecule has 1 aliphatic heterocycles. The molecular weight excluding hydrogens is 336 g/mol. The van der Waals surface area contributed by atoms with Gasteiger partial charge in [0.05, 0.1) is 0 Å². The van der Waals surface area contributed by atoms with Gasteiger partial charge in [0.1, 0.15) is 4.60 Å². The van der Waals surface area contributed by atoms with Crippen molar-refractivity contribution in [3.05, 3.63) is 63.9 Å². The molecule has 1 aromatic heterocycles. The molecule has 0 atom stereocenters. The first-order valence-electron chi connectivity index (χ1n) is 8.21. The number of halogens is 1. The minimum Gasteiger partial charge on any atom is -0.294 e. The van der Waals surface area contributed by atoms with Gasteiger partial charge in [-0.3, -0.25) is 4.90 Å². The molecule has 0 amide bonds. The van der Waals surface area contributed by atoms with Crippen molar-refractivity contribution >= 4 is 15.9 Å². The number of rotatable bonds is 2. The maximum atomic E-state index is 4.30. The summed E-state index contributed by atoms with van der Waals surface area (Å²) < 4.78 is 1.01. The van der Waals surface area contributed by atoms with Crippen molar-refractivity contribution < 1.29 is 0 Å². The van der Waals surface area contributed by atoms with E-state index in [1.54, 1.807) is 0 Å². The van der Waals surface area contributed by atoms with Gasteiger partial charge in [-0.15, -0.1) is 0 Å². The number of hydrogen-bond acceptors (Lipinski definition) is 2. The number of pyridine rings is 1. The summed E-state index contributed by atoms with van der Waals surface area (Å²) in [6.45, 7) is 11.2. The van der Waals surface area contributed by atoms with Crippen molar-refractivity contribution in [2.45, 2.75) is 47.2 Å². The monoisotopic (exact) mass is 362 g/mol. The Labute approximate surface area is 143 Å². The predicted octanol–water partition coefficient (Wildman–Crippen LogP) is 5.45. The Balaban J connectivity index is 0.000000561. The molecule has 1 aromatic carbocycles. The number of aromatic nitrogens is 1. The van der Waals surface area contributed by atoms with Gasteiger partial charge in [0.2, 0.25) is 0 Å². The third-order valence-electron chi connectivity index (χ3n) is 3.42. The molecule has 0 spiro atoms. The Morgan fingerprint density at radius 3 is 2.41 bits per heavy atom. The summed E-state index contributed by atoms with van der Waals surface area (Å²) in [5, 5.41) is 0. The van der Waals surface area contributed by atoms with Crippen LogP contribution in [0.5, 0.6) is 0 Å². The highest BCUT2D eigenvalue weighted by atomic mass is 79.9. The van der Waals surface area contributed by atoms with Crippen molar-refractivity contribution in [2.75, 3.05) is 6.54 Å². The summed E-state index contributed by atoms with van der Waals surface area (Å²) in [5.74, 6) is 0. The van der Waals surface area contributed by atoms with E-state index in [0.29, 0.717) is 0 Å². The lowest BCUT2D eigenvalue weighted by atomic mass is 10.0. The molecule has 0 aliphatic carbocycles. The van der Waals surface area contributed by atoms with Gasteiger partial charge < -0.3 is 0 Å². The Hall–Kier alpha value is -1.19. The highest BCUT2D eigenvalue weighted by Crippen LogP contribution is 2.25. The summed E-state index contributed by atoms with van der Waals surface area (Å²) in [4.78, 5) is 6.79. The van der Waals surface area contributed by atoms with E-state index in [0.717, 1.165) is 30.7 Å². The number of hydrogen-bond donors (Lipinski definition) is 0. The Kier molecular flexibility index (Phi) is 9.02. The van der Waals surface area contributed by atoms with Gasteiger partial charge in [-0.25, -0.2) is 4.98 Å². The third kappa shape index (κ3) is 5.22. The van der Waals surface area contributed by atoms with E-state index in [1.165, 1.54) is 16.7 Å². The molecule has 0 N–H and O–H groups in total. The van der Waals surface area contributed by atoms with E-state index in [2.05, 4.69) is 62.2 Å². The second kappa shape index (κ2) is 10.5. The molecular formula is C19H27BrN2. The minimum atomic E-state index is 1.01. The van der Waals surface area contributed by atoms with Crippen LogP contribution in [0.2, 0.25) is 0 Å².